The Morgan fingerprint density at radius 1 is 1.47 bits per heavy atom. The third-order valence-electron chi connectivity index (χ3n) is 3.41. The molecular weight excluding hydrogens is 212 g/mol. The Morgan fingerprint density at radius 3 is 3.06 bits per heavy atom. The summed E-state index contributed by atoms with van der Waals surface area (Å²) in [5.74, 6) is 0.776. The zero-order chi connectivity index (χ0) is 12.3. The number of nitrogens with zero attached hydrogens (tertiary/aromatic N) is 3. The average molecular weight is 230 g/mol. The van der Waals surface area contributed by atoms with Crippen LogP contribution in [0.4, 0.5) is 11.5 Å². The summed E-state index contributed by atoms with van der Waals surface area (Å²) in [5, 5.41) is 8.99. The van der Waals surface area contributed by atoms with E-state index in [9.17, 15) is 0 Å². The largest absolute Gasteiger partial charge is 0.395 e. The molecule has 1 aliphatic rings. The summed E-state index contributed by atoms with van der Waals surface area (Å²) in [6, 6.07) is 4.23. The molecule has 1 aliphatic heterocycles. The molecule has 90 valence electrons. The summed E-state index contributed by atoms with van der Waals surface area (Å²) in [6.45, 7) is 3.18. The van der Waals surface area contributed by atoms with Crippen molar-refractivity contribution in [2.24, 2.45) is 0 Å². The van der Waals surface area contributed by atoms with Crippen molar-refractivity contribution in [3.63, 3.8) is 0 Å². The number of pyridine rings is 1. The first-order valence-corrected chi connectivity index (χ1v) is 6.15. The number of hydrogen-bond donors (Lipinski definition) is 1. The van der Waals surface area contributed by atoms with Gasteiger partial charge < -0.3 is 10.6 Å². The number of anilines is 2. The Balaban J connectivity index is 2.35. The number of nitriles is 1. The molecule has 4 heteroatoms. The summed E-state index contributed by atoms with van der Waals surface area (Å²) in [6.07, 6.45) is 6.52. The maximum absolute atomic E-state index is 8.99. The van der Waals surface area contributed by atoms with Gasteiger partial charge >= 0.3 is 0 Å². The fourth-order valence-corrected chi connectivity index (χ4v) is 2.38. The van der Waals surface area contributed by atoms with E-state index in [0.29, 0.717) is 17.3 Å². The first kappa shape index (κ1) is 11.7. The molecule has 0 aromatic carbocycles. The fourth-order valence-electron chi connectivity index (χ4n) is 2.38. The van der Waals surface area contributed by atoms with Gasteiger partial charge in [0.25, 0.3) is 0 Å². The number of nitrogen functional groups attached to an aromatic ring is 1. The van der Waals surface area contributed by atoms with Crippen molar-refractivity contribution in [2.75, 3.05) is 17.2 Å². The number of rotatable bonds is 1. The van der Waals surface area contributed by atoms with Crippen LogP contribution in [0.2, 0.25) is 0 Å². The van der Waals surface area contributed by atoms with Crippen LogP contribution in [0.25, 0.3) is 0 Å². The number of nitrogens with two attached hydrogens (primary N) is 1. The Morgan fingerprint density at radius 2 is 2.29 bits per heavy atom. The van der Waals surface area contributed by atoms with Gasteiger partial charge in [-0.15, -0.1) is 0 Å². The van der Waals surface area contributed by atoms with Crippen molar-refractivity contribution in [1.82, 2.24) is 4.98 Å². The fraction of sp³-hybridized carbons (Fsp3) is 0.538. The maximum Gasteiger partial charge on any atom is 0.153 e. The molecular formula is C13H18N4. The molecule has 0 spiro atoms. The Kier molecular flexibility index (Phi) is 3.48. The molecule has 1 fully saturated rings. The zero-order valence-corrected chi connectivity index (χ0v) is 10.2. The van der Waals surface area contributed by atoms with Crippen molar-refractivity contribution in [2.45, 2.75) is 38.6 Å². The molecule has 0 bridgehead atoms. The molecule has 17 heavy (non-hydrogen) atoms. The van der Waals surface area contributed by atoms with Crippen LogP contribution in [0.3, 0.4) is 0 Å². The molecule has 2 N–H and O–H groups in total. The van der Waals surface area contributed by atoms with Gasteiger partial charge in [0.2, 0.25) is 0 Å². The van der Waals surface area contributed by atoms with Gasteiger partial charge in [-0.25, -0.2) is 4.98 Å². The molecule has 1 aromatic rings. The lowest BCUT2D eigenvalue weighted by Crippen LogP contribution is -2.33. The highest BCUT2D eigenvalue weighted by Gasteiger charge is 2.21. The quantitative estimate of drug-likeness (QED) is 0.804. The van der Waals surface area contributed by atoms with E-state index in [0.717, 1.165) is 18.8 Å². The summed E-state index contributed by atoms with van der Waals surface area (Å²) in [5.41, 5.74) is 7.05. The predicted molar refractivity (Wildman–Crippen MR) is 68.6 cm³/mol. The number of aromatic nitrogens is 1. The minimum Gasteiger partial charge on any atom is -0.395 e. The topological polar surface area (TPSA) is 65.9 Å². The van der Waals surface area contributed by atoms with E-state index in [1.807, 2.05) is 0 Å². The highest BCUT2D eigenvalue weighted by molar-refractivity contribution is 5.70. The third kappa shape index (κ3) is 2.33. The lowest BCUT2D eigenvalue weighted by atomic mass is 10.1. The first-order valence-electron chi connectivity index (χ1n) is 6.15. The molecule has 1 unspecified atom stereocenters. The molecule has 4 nitrogen and oxygen atoms in total. The van der Waals surface area contributed by atoms with E-state index in [-0.39, 0.29) is 0 Å². The second-order valence-corrected chi connectivity index (χ2v) is 4.60. The SMILES string of the molecule is CC1CCCCCN1c1nccc(C#N)c1N. The predicted octanol–water partition coefficient (Wildman–Crippen LogP) is 2.30. The van der Waals surface area contributed by atoms with Crippen LogP contribution in [0, 0.1) is 11.3 Å². The Hall–Kier alpha value is -1.76. The van der Waals surface area contributed by atoms with E-state index in [4.69, 9.17) is 11.0 Å². The lowest BCUT2D eigenvalue weighted by molar-refractivity contribution is 0.612. The highest BCUT2D eigenvalue weighted by atomic mass is 15.2. The van der Waals surface area contributed by atoms with Crippen molar-refractivity contribution in [3.8, 4) is 6.07 Å². The van der Waals surface area contributed by atoms with Gasteiger partial charge in [0.05, 0.1) is 11.3 Å². The Labute approximate surface area is 102 Å². The number of hydrogen-bond acceptors (Lipinski definition) is 4. The van der Waals surface area contributed by atoms with Gasteiger partial charge in [0.1, 0.15) is 6.07 Å². The van der Waals surface area contributed by atoms with E-state index in [1.54, 1.807) is 12.3 Å². The van der Waals surface area contributed by atoms with Gasteiger partial charge in [-0.1, -0.05) is 12.8 Å². The van der Waals surface area contributed by atoms with Crippen LogP contribution in [0.5, 0.6) is 0 Å². The molecule has 1 aromatic heterocycles. The summed E-state index contributed by atoms with van der Waals surface area (Å²) < 4.78 is 0. The molecule has 0 aliphatic carbocycles. The second kappa shape index (κ2) is 5.05. The monoisotopic (exact) mass is 230 g/mol. The molecule has 1 saturated heterocycles. The van der Waals surface area contributed by atoms with Crippen LogP contribution in [-0.4, -0.2) is 17.6 Å². The zero-order valence-electron chi connectivity index (χ0n) is 10.2. The van der Waals surface area contributed by atoms with E-state index >= 15 is 0 Å². The van der Waals surface area contributed by atoms with E-state index < -0.39 is 0 Å². The van der Waals surface area contributed by atoms with Crippen molar-refractivity contribution in [3.05, 3.63) is 17.8 Å². The van der Waals surface area contributed by atoms with Crippen molar-refractivity contribution < 1.29 is 0 Å². The van der Waals surface area contributed by atoms with Gasteiger partial charge in [-0.2, -0.15) is 5.26 Å². The van der Waals surface area contributed by atoms with Crippen LogP contribution in [0.1, 0.15) is 38.2 Å². The minimum absolute atomic E-state index is 0.446. The minimum atomic E-state index is 0.446. The van der Waals surface area contributed by atoms with Crippen LogP contribution < -0.4 is 10.6 Å². The van der Waals surface area contributed by atoms with Crippen LogP contribution >= 0.6 is 0 Å². The average Bonchev–Trinajstić information content (AvgIpc) is 2.55. The third-order valence-corrected chi connectivity index (χ3v) is 3.41. The van der Waals surface area contributed by atoms with Gasteiger partial charge in [-0.3, -0.25) is 0 Å². The first-order chi connectivity index (χ1) is 8.24. The van der Waals surface area contributed by atoms with E-state index in [2.05, 4.69) is 22.9 Å². The van der Waals surface area contributed by atoms with Crippen molar-refractivity contribution >= 4 is 11.5 Å². The summed E-state index contributed by atoms with van der Waals surface area (Å²) in [7, 11) is 0. The normalized spacial score (nSPS) is 20.7. The van der Waals surface area contributed by atoms with Crippen LogP contribution in [0.15, 0.2) is 12.3 Å². The molecule has 2 rings (SSSR count). The Bertz CT molecular complexity index is 436. The van der Waals surface area contributed by atoms with Gasteiger partial charge in [-0.05, 0) is 25.8 Å². The maximum atomic E-state index is 8.99. The molecule has 2 heterocycles. The standard InChI is InChI=1S/C13H18N4/c1-10-5-3-2-4-8-17(10)13-12(15)11(9-14)6-7-16-13/h6-7,10H,2-5,8,15H2,1H3. The van der Waals surface area contributed by atoms with Gasteiger partial charge in [0, 0.05) is 18.8 Å². The summed E-state index contributed by atoms with van der Waals surface area (Å²) in [4.78, 5) is 6.59. The lowest BCUT2D eigenvalue weighted by Gasteiger charge is -2.29. The summed E-state index contributed by atoms with van der Waals surface area (Å²) >= 11 is 0. The van der Waals surface area contributed by atoms with Crippen molar-refractivity contribution in [1.29, 1.82) is 5.26 Å². The molecule has 1 atom stereocenters. The van der Waals surface area contributed by atoms with Gasteiger partial charge in [0.15, 0.2) is 5.82 Å². The van der Waals surface area contributed by atoms with Crippen LogP contribution in [-0.2, 0) is 0 Å². The second-order valence-electron chi connectivity index (χ2n) is 4.60. The molecule has 0 saturated carbocycles. The smallest absolute Gasteiger partial charge is 0.153 e. The van der Waals surface area contributed by atoms with E-state index in [1.165, 1.54) is 19.3 Å². The molecule has 0 radical (unpaired) electrons. The highest BCUT2D eigenvalue weighted by Crippen LogP contribution is 2.28. The molecule has 0 amide bonds.